The van der Waals surface area contributed by atoms with Gasteiger partial charge in [-0.2, -0.15) is 5.10 Å². The number of ether oxygens (including phenoxy) is 1. The molecule has 0 fully saturated rings. The van der Waals surface area contributed by atoms with Gasteiger partial charge in [0.25, 0.3) is 0 Å². The van der Waals surface area contributed by atoms with Crippen molar-refractivity contribution in [3.05, 3.63) is 35.5 Å². The second-order valence-electron chi connectivity index (χ2n) is 6.06. The molecule has 2 rings (SSSR count). The molecule has 0 radical (unpaired) electrons. The summed E-state index contributed by atoms with van der Waals surface area (Å²) in [5.74, 6) is 2.54. The van der Waals surface area contributed by atoms with Gasteiger partial charge in [-0.05, 0) is 39.3 Å². The minimum absolute atomic E-state index is 0.0750. The van der Waals surface area contributed by atoms with Crippen LogP contribution < -0.4 is 10.1 Å². The van der Waals surface area contributed by atoms with Gasteiger partial charge < -0.3 is 14.5 Å². The number of nitrogens with zero attached hydrogens (tertiary/aromatic N) is 2. The van der Waals surface area contributed by atoms with Gasteiger partial charge in [-0.1, -0.05) is 0 Å². The largest absolute Gasteiger partial charge is 0.482 e. The number of nitrogens with one attached hydrogen (secondary N) is 1. The summed E-state index contributed by atoms with van der Waals surface area (Å²) < 4.78 is 13.2. The van der Waals surface area contributed by atoms with E-state index in [1.807, 2.05) is 19.3 Å². The highest BCUT2D eigenvalue weighted by Gasteiger charge is 2.13. The van der Waals surface area contributed by atoms with Crippen LogP contribution in [0.3, 0.4) is 0 Å². The van der Waals surface area contributed by atoms with Crippen LogP contribution in [0.2, 0.25) is 0 Å². The van der Waals surface area contributed by atoms with Crippen molar-refractivity contribution >= 4 is 0 Å². The average Bonchev–Trinajstić information content (AvgIpc) is 2.90. The molecule has 0 unspecified atom stereocenters. The van der Waals surface area contributed by atoms with Crippen LogP contribution in [0.1, 0.15) is 37.9 Å². The summed E-state index contributed by atoms with van der Waals surface area (Å²) in [6.45, 7) is 9.61. The van der Waals surface area contributed by atoms with Crippen molar-refractivity contribution in [2.45, 2.75) is 46.4 Å². The Bertz CT molecular complexity index is 564. The highest BCUT2D eigenvalue weighted by Crippen LogP contribution is 2.18. The van der Waals surface area contributed by atoms with E-state index in [9.17, 15) is 0 Å². The van der Waals surface area contributed by atoms with Crippen LogP contribution in [0.25, 0.3) is 0 Å². The second kappa shape index (κ2) is 5.71. The number of aryl methyl sites for hydroxylation is 2. The van der Waals surface area contributed by atoms with Crippen molar-refractivity contribution in [1.82, 2.24) is 15.1 Å². The summed E-state index contributed by atoms with van der Waals surface area (Å²) in [5, 5.41) is 7.48. The Kier molecular flexibility index (Phi) is 4.18. The molecule has 1 N–H and O–H groups in total. The summed E-state index contributed by atoms with van der Waals surface area (Å²) >= 11 is 0. The minimum Gasteiger partial charge on any atom is -0.482 e. The Morgan fingerprint density at radius 3 is 2.75 bits per heavy atom. The third kappa shape index (κ3) is 4.13. The molecule has 2 heterocycles. The van der Waals surface area contributed by atoms with Gasteiger partial charge in [-0.3, -0.25) is 4.68 Å². The SMILES string of the molecule is Cc1cc(COc2cnn(C)c2)oc1CNC(C)(C)C. The van der Waals surface area contributed by atoms with E-state index in [4.69, 9.17) is 9.15 Å². The Morgan fingerprint density at radius 2 is 2.15 bits per heavy atom. The zero-order chi connectivity index (χ0) is 14.8. The second-order valence-corrected chi connectivity index (χ2v) is 6.06. The smallest absolute Gasteiger partial charge is 0.157 e. The summed E-state index contributed by atoms with van der Waals surface area (Å²) in [6, 6.07) is 2.02. The van der Waals surface area contributed by atoms with E-state index < -0.39 is 0 Å². The average molecular weight is 277 g/mol. The molecule has 5 nitrogen and oxygen atoms in total. The molecule has 0 atom stereocenters. The van der Waals surface area contributed by atoms with Gasteiger partial charge in [-0.25, -0.2) is 0 Å². The number of rotatable bonds is 5. The molecule has 2 aromatic rings. The van der Waals surface area contributed by atoms with Crippen molar-refractivity contribution in [3.8, 4) is 5.75 Å². The Morgan fingerprint density at radius 1 is 1.40 bits per heavy atom. The fraction of sp³-hybridized carbons (Fsp3) is 0.533. The molecule has 0 aliphatic rings. The van der Waals surface area contributed by atoms with E-state index in [0.29, 0.717) is 6.61 Å². The van der Waals surface area contributed by atoms with Crippen molar-refractivity contribution in [3.63, 3.8) is 0 Å². The molecule has 0 saturated heterocycles. The molecule has 0 spiro atoms. The molecular formula is C15H23N3O2. The topological polar surface area (TPSA) is 52.2 Å². The normalized spacial score (nSPS) is 11.8. The van der Waals surface area contributed by atoms with Crippen LogP contribution in [0.4, 0.5) is 0 Å². The van der Waals surface area contributed by atoms with Crippen molar-refractivity contribution in [2.75, 3.05) is 0 Å². The van der Waals surface area contributed by atoms with Crippen LogP contribution in [0.15, 0.2) is 22.9 Å². The Hall–Kier alpha value is -1.75. The lowest BCUT2D eigenvalue weighted by Gasteiger charge is -2.19. The van der Waals surface area contributed by atoms with Crippen LogP contribution in [0.5, 0.6) is 5.75 Å². The quantitative estimate of drug-likeness (QED) is 0.913. The van der Waals surface area contributed by atoms with Gasteiger partial charge in [0.15, 0.2) is 5.75 Å². The van der Waals surface area contributed by atoms with Crippen molar-refractivity contribution in [2.24, 2.45) is 7.05 Å². The number of aromatic nitrogens is 2. The molecule has 110 valence electrons. The maximum absolute atomic E-state index is 5.82. The van der Waals surface area contributed by atoms with Crippen molar-refractivity contribution in [1.29, 1.82) is 0 Å². The van der Waals surface area contributed by atoms with Crippen molar-refractivity contribution < 1.29 is 9.15 Å². The summed E-state index contributed by atoms with van der Waals surface area (Å²) in [4.78, 5) is 0. The molecular weight excluding hydrogens is 254 g/mol. The first kappa shape index (κ1) is 14.7. The van der Waals surface area contributed by atoms with E-state index in [2.05, 4.69) is 38.1 Å². The lowest BCUT2D eigenvalue weighted by atomic mass is 10.1. The molecule has 20 heavy (non-hydrogen) atoms. The molecule has 0 aliphatic heterocycles. The summed E-state index contributed by atoms with van der Waals surface area (Å²) in [5.41, 5.74) is 1.22. The molecule has 5 heteroatoms. The monoisotopic (exact) mass is 277 g/mol. The molecule has 0 aliphatic carbocycles. The fourth-order valence-electron chi connectivity index (χ4n) is 1.81. The zero-order valence-electron chi connectivity index (χ0n) is 12.9. The highest BCUT2D eigenvalue weighted by molar-refractivity contribution is 5.20. The first-order valence-corrected chi connectivity index (χ1v) is 6.78. The number of furan rings is 1. The van der Waals surface area contributed by atoms with Crippen LogP contribution in [-0.4, -0.2) is 15.3 Å². The maximum atomic E-state index is 5.82. The van der Waals surface area contributed by atoms with Crippen LogP contribution in [0, 0.1) is 6.92 Å². The predicted molar refractivity (Wildman–Crippen MR) is 77.6 cm³/mol. The zero-order valence-corrected chi connectivity index (χ0v) is 12.9. The molecule has 0 amide bonds. The number of hydrogen-bond donors (Lipinski definition) is 1. The van der Waals surface area contributed by atoms with Gasteiger partial charge in [0.1, 0.15) is 18.1 Å². The highest BCUT2D eigenvalue weighted by atomic mass is 16.5. The van der Waals surface area contributed by atoms with Gasteiger partial charge in [0.2, 0.25) is 0 Å². The maximum Gasteiger partial charge on any atom is 0.157 e. The van der Waals surface area contributed by atoms with E-state index in [1.165, 1.54) is 0 Å². The fourth-order valence-corrected chi connectivity index (χ4v) is 1.81. The minimum atomic E-state index is 0.0750. The lowest BCUT2D eigenvalue weighted by Crippen LogP contribution is -2.35. The third-order valence-corrected chi connectivity index (χ3v) is 2.91. The summed E-state index contributed by atoms with van der Waals surface area (Å²) in [7, 11) is 1.86. The van der Waals surface area contributed by atoms with Gasteiger partial charge in [0.05, 0.1) is 18.9 Å². The molecule has 2 aromatic heterocycles. The Balaban J connectivity index is 1.93. The number of hydrogen-bond acceptors (Lipinski definition) is 4. The van der Waals surface area contributed by atoms with Crippen LogP contribution in [-0.2, 0) is 20.2 Å². The first-order valence-electron chi connectivity index (χ1n) is 6.78. The van der Waals surface area contributed by atoms with E-state index in [0.717, 1.165) is 29.4 Å². The van der Waals surface area contributed by atoms with Gasteiger partial charge >= 0.3 is 0 Å². The summed E-state index contributed by atoms with van der Waals surface area (Å²) in [6.07, 6.45) is 3.52. The predicted octanol–water partition coefficient (Wildman–Crippen LogP) is 2.79. The molecule has 0 aromatic carbocycles. The standard InChI is InChI=1S/C15H23N3O2/c1-11-6-12(10-19-13-7-17-18(5)9-13)20-14(11)8-16-15(2,3)4/h6-7,9,16H,8,10H2,1-5H3. The van der Waals surface area contributed by atoms with Crippen LogP contribution >= 0.6 is 0 Å². The molecule has 0 saturated carbocycles. The van der Waals surface area contributed by atoms with E-state index in [-0.39, 0.29) is 5.54 Å². The molecule has 0 bridgehead atoms. The van der Waals surface area contributed by atoms with Gasteiger partial charge in [0, 0.05) is 12.6 Å². The van der Waals surface area contributed by atoms with Gasteiger partial charge in [-0.15, -0.1) is 0 Å². The van der Waals surface area contributed by atoms with E-state index >= 15 is 0 Å². The Labute approximate surface area is 119 Å². The third-order valence-electron chi connectivity index (χ3n) is 2.91. The first-order chi connectivity index (χ1) is 9.33. The van der Waals surface area contributed by atoms with E-state index in [1.54, 1.807) is 10.9 Å². The lowest BCUT2D eigenvalue weighted by molar-refractivity contribution is 0.262.